The molecule has 0 aromatic heterocycles. The molecular formula is C22H23F3O6. The highest BCUT2D eigenvalue weighted by Crippen LogP contribution is 2.51. The summed E-state index contributed by atoms with van der Waals surface area (Å²) in [5, 5.41) is 11.2. The van der Waals surface area contributed by atoms with Crippen LogP contribution < -0.4 is 9.47 Å². The Hall–Kier alpha value is -2.62. The zero-order valence-corrected chi connectivity index (χ0v) is 17.4. The summed E-state index contributed by atoms with van der Waals surface area (Å²) in [6.07, 6.45) is -9.12. The van der Waals surface area contributed by atoms with Crippen LogP contribution in [-0.2, 0) is 15.1 Å². The Morgan fingerprint density at radius 2 is 1.52 bits per heavy atom. The summed E-state index contributed by atoms with van der Waals surface area (Å²) in [5.41, 5.74) is -4.18. The fraction of sp³-hybridized carbons (Fsp3) is 0.409. The van der Waals surface area contributed by atoms with Crippen molar-refractivity contribution >= 4 is 5.78 Å². The van der Waals surface area contributed by atoms with Crippen LogP contribution in [0.5, 0.6) is 11.5 Å². The molecule has 1 heterocycles. The molecule has 168 valence electrons. The van der Waals surface area contributed by atoms with Gasteiger partial charge in [-0.2, -0.15) is 13.2 Å². The van der Waals surface area contributed by atoms with Crippen LogP contribution in [0.4, 0.5) is 13.2 Å². The highest BCUT2D eigenvalue weighted by Gasteiger charge is 2.68. The Kier molecular flexibility index (Phi) is 6.05. The number of ether oxygens (including phenoxy) is 4. The third-order valence-corrected chi connectivity index (χ3v) is 5.09. The molecule has 6 nitrogen and oxygen atoms in total. The van der Waals surface area contributed by atoms with Crippen molar-refractivity contribution in [2.45, 2.75) is 43.6 Å². The minimum Gasteiger partial charge on any atom is -0.496 e. The van der Waals surface area contributed by atoms with E-state index >= 15 is 0 Å². The lowest BCUT2D eigenvalue weighted by atomic mass is 9.82. The maximum Gasteiger partial charge on any atom is 0.424 e. The van der Waals surface area contributed by atoms with E-state index in [0.717, 1.165) is 6.07 Å². The summed E-state index contributed by atoms with van der Waals surface area (Å²) < 4.78 is 64.6. The smallest absolute Gasteiger partial charge is 0.424 e. The number of para-hydroxylation sites is 2. The van der Waals surface area contributed by atoms with Gasteiger partial charge < -0.3 is 24.1 Å². The Morgan fingerprint density at radius 1 is 0.968 bits per heavy atom. The number of aliphatic hydroxyl groups is 1. The van der Waals surface area contributed by atoms with Crippen molar-refractivity contribution in [3.05, 3.63) is 59.7 Å². The standard InChI is InChI=1S/C22H23F3O6/c1-20(2)30-18(17(26)13-9-5-7-11-15(13)28-3)19(31-20)21(27,22(23,24)25)14-10-6-8-12-16(14)29-4/h5-12,18-19,27H,1-4H3/t18-,19+,21-/m0/s1. The molecule has 2 aromatic rings. The zero-order chi connectivity index (χ0) is 23.0. The summed E-state index contributed by atoms with van der Waals surface area (Å²) in [4.78, 5) is 13.3. The molecule has 0 aliphatic carbocycles. The summed E-state index contributed by atoms with van der Waals surface area (Å²) in [7, 11) is 2.52. The third-order valence-electron chi connectivity index (χ3n) is 5.09. The van der Waals surface area contributed by atoms with Crippen LogP contribution in [0.1, 0.15) is 29.8 Å². The molecular weight excluding hydrogens is 417 g/mol. The number of rotatable bonds is 6. The molecule has 9 heteroatoms. The first-order valence-corrected chi connectivity index (χ1v) is 9.41. The molecule has 0 bridgehead atoms. The Balaban J connectivity index is 2.18. The molecule has 1 aliphatic rings. The van der Waals surface area contributed by atoms with Crippen molar-refractivity contribution in [2.24, 2.45) is 0 Å². The second kappa shape index (κ2) is 8.14. The van der Waals surface area contributed by atoms with E-state index in [1.54, 1.807) is 12.1 Å². The van der Waals surface area contributed by atoms with Crippen LogP contribution in [0.3, 0.4) is 0 Å². The van der Waals surface area contributed by atoms with Gasteiger partial charge in [0.2, 0.25) is 5.60 Å². The monoisotopic (exact) mass is 440 g/mol. The van der Waals surface area contributed by atoms with Crippen LogP contribution in [-0.4, -0.2) is 49.3 Å². The fourth-order valence-electron chi connectivity index (χ4n) is 3.69. The number of Topliss-reactive ketones (excluding diaryl/α,β-unsaturated/α-hetero) is 1. The maximum absolute atomic E-state index is 14.4. The lowest BCUT2D eigenvalue weighted by molar-refractivity contribution is -0.306. The van der Waals surface area contributed by atoms with Gasteiger partial charge in [0, 0.05) is 5.56 Å². The summed E-state index contributed by atoms with van der Waals surface area (Å²) in [5.74, 6) is -2.44. The molecule has 1 fully saturated rings. The number of halogens is 3. The van der Waals surface area contributed by atoms with Crippen molar-refractivity contribution < 1.29 is 42.0 Å². The van der Waals surface area contributed by atoms with Gasteiger partial charge in [-0.3, -0.25) is 4.79 Å². The predicted octanol–water partition coefficient (Wildman–Crippen LogP) is 3.86. The number of alkyl halides is 3. The molecule has 2 aromatic carbocycles. The van der Waals surface area contributed by atoms with Gasteiger partial charge in [0.1, 0.15) is 17.6 Å². The van der Waals surface area contributed by atoms with Gasteiger partial charge in [-0.25, -0.2) is 0 Å². The van der Waals surface area contributed by atoms with Gasteiger partial charge in [-0.1, -0.05) is 30.3 Å². The maximum atomic E-state index is 14.4. The molecule has 0 saturated carbocycles. The van der Waals surface area contributed by atoms with Crippen molar-refractivity contribution in [3.8, 4) is 11.5 Å². The largest absolute Gasteiger partial charge is 0.496 e. The highest BCUT2D eigenvalue weighted by molar-refractivity contribution is 6.02. The van der Waals surface area contributed by atoms with Gasteiger partial charge in [0.25, 0.3) is 0 Å². The second-order valence-electron chi connectivity index (χ2n) is 7.51. The number of benzene rings is 2. The molecule has 31 heavy (non-hydrogen) atoms. The summed E-state index contributed by atoms with van der Waals surface area (Å²) in [6, 6.07) is 11.2. The van der Waals surface area contributed by atoms with Gasteiger partial charge in [0.15, 0.2) is 17.7 Å². The number of carbonyl (C=O) groups excluding carboxylic acids is 1. The number of hydrogen-bond acceptors (Lipinski definition) is 6. The Bertz CT molecular complexity index is 958. The van der Waals surface area contributed by atoms with Crippen LogP contribution >= 0.6 is 0 Å². The highest BCUT2D eigenvalue weighted by atomic mass is 19.4. The van der Waals surface area contributed by atoms with Crippen molar-refractivity contribution in [3.63, 3.8) is 0 Å². The number of ketones is 1. The lowest BCUT2D eigenvalue weighted by Crippen LogP contribution is -2.57. The van der Waals surface area contributed by atoms with E-state index in [0.29, 0.717) is 0 Å². The fourth-order valence-corrected chi connectivity index (χ4v) is 3.69. The molecule has 3 atom stereocenters. The van der Waals surface area contributed by atoms with E-state index in [-0.39, 0.29) is 17.1 Å². The molecule has 0 amide bonds. The van der Waals surface area contributed by atoms with Gasteiger partial charge in [-0.15, -0.1) is 0 Å². The zero-order valence-electron chi connectivity index (χ0n) is 17.4. The molecule has 1 N–H and O–H groups in total. The molecule has 3 rings (SSSR count). The van der Waals surface area contributed by atoms with Crippen molar-refractivity contribution in [1.29, 1.82) is 0 Å². The lowest BCUT2D eigenvalue weighted by Gasteiger charge is -2.37. The topological polar surface area (TPSA) is 74.2 Å². The minimum absolute atomic E-state index is 0.00542. The molecule has 0 radical (unpaired) electrons. The first kappa shape index (κ1) is 23.1. The summed E-state index contributed by atoms with van der Waals surface area (Å²) >= 11 is 0. The van der Waals surface area contributed by atoms with Crippen molar-refractivity contribution in [1.82, 2.24) is 0 Å². The molecule has 1 saturated heterocycles. The van der Waals surface area contributed by atoms with E-state index in [1.165, 1.54) is 58.4 Å². The van der Waals surface area contributed by atoms with Crippen LogP contribution in [0.25, 0.3) is 0 Å². The number of carbonyl (C=O) groups is 1. The predicted molar refractivity (Wildman–Crippen MR) is 104 cm³/mol. The van der Waals surface area contributed by atoms with E-state index in [9.17, 15) is 23.1 Å². The van der Waals surface area contributed by atoms with Gasteiger partial charge >= 0.3 is 6.18 Å². The normalized spacial score (nSPS) is 22.6. The first-order valence-electron chi connectivity index (χ1n) is 9.41. The first-order chi connectivity index (χ1) is 14.5. The molecule has 0 unspecified atom stereocenters. The average Bonchev–Trinajstić information content (AvgIpc) is 3.07. The van der Waals surface area contributed by atoms with E-state index in [4.69, 9.17) is 18.9 Å². The third kappa shape index (κ3) is 4.00. The molecule has 0 spiro atoms. The van der Waals surface area contributed by atoms with Gasteiger partial charge in [-0.05, 0) is 32.0 Å². The SMILES string of the molecule is COc1ccccc1C(=O)[C@@H]1OC(C)(C)O[C@H]1[C@@](O)(c1ccccc1OC)C(F)(F)F. The van der Waals surface area contributed by atoms with Gasteiger partial charge in [0.05, 0.1) is 19.8 Å². The van der Waals surface area contributed by atoms with E-state index in [2.05, 4.69) is 0 Å². The van der Waals surface area contributed by atoms with Crippen LogP contribution in [0.2, 0.25) is 0 Å². The van der Waals surface area contributed by atoms with Crippen molar-refractivity contribution in [2.75, 3.05) is 14.2 Å². The minimum atomic E-state index is -5.23. The Morgan fingerprint density at radius 3 is 2.10 bits per heavy atom. The van der Waals surface area contributed by atoms with E-state index < -0.39 is 41.1 Å². The van der Waals surface area contributed by atoms with Crippen LogP contribution in [0.15, 0.2) is 48.5 Å². The molecule has 1 aliphatic heterocycles. The number of methoxy groups -OCH3 is 2. The van der Waals surface area contributed by atoms with E-state index in [1.807, 2.05) is 0 Å². The second-order valence-corrected chi connectivity index (χ2v) is 7.51. The Labute approximate surface area is 177 Å². The summed E-state index contributed by atoms with van der Waals surface area (Å²) in [6.45, 7) is 2.74. The number of hydrogen-bond donors (Lipinski definition) is 1. The quantitative estimate of drug-likeness (QED) is 0.688. The average molecular weight is 440 g/mol. The van der Waals surface area contributed by atoms with Crippen LogP contribution in [0, 0.1) is 0 Å².